The van der Waals surface area contributed by atoms with E-state index in [2.05, 4.69) is 40.6 Å². The minimum atomic E-state index is -4.94. The predicted octanol–water partition coefficient (Wildman–Crippen LogP) is 7.64. The molecule has 1 fully saturated rings. The van der Waals surface area contributed by atoms with Gasteiger partial charge in [0.25, 0.3) is 0 Å². The highest BCUT2D eigenvalue weighted by atomic mass is 32.1. The van der Waals surface area contributed by atoms with E-state index in [1.807, 2.05) is 22.9 Å². The van der Waals surface area contributed by atoms with Crippen molar-refractivity contribution in [3.8, 4) is 0 Å². The van der Waals surface area contributed by atoms with Crippen molar-refractivity contribution in [2.24, 2.45) is 0 Å². The fourth-order valence-corrected chi connectivity index (χ4v) is 6.43. The summed E-state index contributed by atoms with van der Waals surface area (Å²) in [4.78, 5) is 15.5. The van der Waals surface area contributed by atoms with E-state index >= 15 is 0 Å². The maximum atomic E-state index is 13.2. The highest BCUT2D eigenvalue weighted by molar-refractivity contribution is 7.08. The van der Waals surface area contributed by atoms with Gasteiger partial charge in [-0.1, -0.05) is 36.4 Å². The summed E-state index contributed by atoms with van der Waals surface area (Å²) in [6.45, 7) is 1.93. The first-order valence-electron chi connectivity index (χ1n) is 13.0. The van der Waals surface area contributed by atoms with Crippen LogP contribution in [0.5, 0.6) is 0 Å². The van der Waals surface area contributed by atoms with Crippen LogP contribution in [0.1, 0.15) is 58.6 Å². The van der Waals surface area contributed by atoms with E-state index in [-0.39, 0.29) is 17.0 Å². The van der Waals surface area contributed by atoms with Gasteiger partial charge >= 0.3 is 12.4 Å². The van der Waals surface area contributed by atoms with Crippen LogP contribution in [-0.2, 0) is 29.1 Å². The highest BCUT2D eigenvalue weighted by Crippen LogP contribution is 2.44. The van der Waals surface area contributed by atoms with Gasteiger partial charge in [0.1, 0.15) is 0 Å². The molecule has 1 saturated heterocycles. The molecule has 212 valence electrons. The van der Waals surface area contributed by atoms with Crippen molar-refractivity contribution in [1.29, 1.82) is 0 Å². The second kappa shape index (κ2) is 11.0. The largest absolute Gasteiger partial charge is 0.416 e. The average molecular weight is 579 g/mol. The van der Waals surface area contributed by atoms with E-state index in [9.17, 15) is 31.1 Å². The van der Waals surface area contributed by atoms with Crippen molar-refractivity contribution in [1.82, 2.24) is 10.2 Å². The Morgan fingerprint density at radius 1 is 0.975 bits per heavy atom. The third kappa shape index (κ3) is 6.12. The van der Waals surface area contributed by atoms with Crippen molar-refractivity contribution >= 4 is 23.3 Å². The lowest BCUT2D eigenvalue weighted by Crippen LogP contribution is -2.42. The van der Waals surface area contributed by atoms with Crippen LogP contribution in [0.2, 0.25) is 0 Å². The summed E-state index contributed by atoms with van der Waals surface area (Å²) >= 11 is 1.43. The quantitative estimate of drug-likeness (QED) is 0.293. The van der Waals surface area contributed by atoms with Gasteiger partial charge in [-0.05, 0) is 96.2 Å². The summed E-state index contributed by atoms with van der Waals surface area (Å²) in [6.07, 6.45) is -2.98. The fourth-order valence-electron chi connectivity index (χ4n) is 5.71. The van der Waals surface area contributed by atoms with E-state index in [0.717, 1.165) is 31.5 Å². The van der Waals surface area contributed by atoms with Gasteiger partial charge < -0.3 is 10.2 Å². The first kappa shape index (κ1) is 28.4. The Balaban J connectivity index is 1.23. The van der Waals surface area contributed by atoms with Crippen molar-refractivity contribution in [3.63, 3.8) is 0 Å². The molecule has 1 aliphatic carbocycles. The number of carbonyl (C=O) groups excluding carboxylic acids is 1. The molecule has 0 saturated carbocycles. The Bertz CT molecular complexity index is 1340. The van der Waals surface area contributed by atoms with E-state index in [0.29, 0.717) is 25.1 Å². The van der Waals surface area contributed by atoms with Crippen LogP contribution in [0.25, 0.3) is 6.08 Å². The zero-order valence-electron chi connectivity index (χ0n) is 21.5. The number of fused-ring (bicyclic) bond motifs is 2. The molecule has 2 aliphatic rings. The van der Waals surface area contributed by atoms with Crippen LogP contribution in [0.15, 0.2) is 65.4 Å². The van der Waals surface area contributed by atoms with Gasteiger partial charge in [-0.15, -0.1) is 0 Å². The van der Waals surface area contributed by atoms with Crippen LogP contribution >= 0.6 is 11.3 Å². The van der Waals surface area contributed by atoms with E-state index < -0.39 is 41.8 Å². The summed E-state index contributed by atoms with van der Waals surface area (Å²) in [5, 5.41) is 6.28. The molecule has 2 aromatic carbocycles. The number of hydrogen-bond acceptors (Lipinski definition) is 3. The Hall–Kier alpha value is -3.11. The molecule has 1 amide bonds. The number of piperidine rings is 1. The van der Waals surface area contributed by atoms with E-state index in [1.165, 1.54) is 22.5 Å². The van der Waals surface area contributed by atoms with Gasteiger partial charge in [-0.2, -0.15) is 37.7 Å². The van der Waals surface area contributed by atoms with Crippen LogP contribution in [0.4, 0.5) is 26.3 Å². The molecular weight excluding hydrogens is 550 g/mol. The number of thiophene rings is 1. The number of hydrogen-bond donors (Lipinski definition) is 1. The molecule has 1 spiro atoms. The maximum Gasteiger partial charge on any atom is 0.416 e. The van der Waals surface area contributed by atoms with Crippen LogP contribution < -0.4 is 5.32 Å². The molecule has 40 heavy (non-hydrogen) atoms. The Kier molecular flexibility index (Phi) is 7.85. The molecule has 5 rings (SSSR count). The molecule has 0 bridgehead atoms. The van der Waals surface area contributed by atoms with Gasteiger partial charge in [0.2, 0.25) is 5.91 Å². The number of carbonyl (C=O) groups is 1. The molecule has 2 heterocycles. The average Bonchev–Trinajstić information content (AvgIpc) is 3.57. The standard InChI is InChI=1S/C30H28F6N2OS/c31-29(32,33)23-15-20(16-24(17-23)30(34,35)36)18-37-27(39)25(22-7-14-40-19-22)6-11-38-12-9-28(10-13-38)8-5-21-3-1-2-4-26(21)28/h1-5,7-8,14-17,19,25H,6,9-13,18H2,(H,37,39). The summed E-state index contributed by atoms with van der Waals surface area (Å²) in [5.41, 5.74) is 0.376. The fraction of sp³-hybridized carbons (Fsp3) is 0.367. The number of amides is 1. The Morgan fingerprint density at radius 3 is 2.27 bits per heavy atom. The molecule has 1 aromatic heterocycles. The lowest BCUT2D eigenvalue weighted by atomic mass is 9.74. The smallest absolute Gasteiger partial charge is 0.351 e. The van der Waals surface area contributed by atoms with Gasteiger partial charge in [0, 0.05) is 12.0 Å². The number of rotatable bonds is 7. The van der Waals surface area contributed by atoms with E-state index in [1.54, 1.807) is 0 Å². The molecular formula is C30H28F6N2OS. The summed E-state index contributed by atoms with van der Waals surface area (Å²) in [6, 6.07) is 11.6. The molecule has 1 aliphatic heterocycles. The minimum absolute atomic E-state index is 0.0391. The van der Waals surface area contributed by atoms with Gasteiger partial charge in [-0.3, -0.25) is 4.79 Å². The SMILES string of the molecule is O=C(NCc1cc(C(F)(F)F)cc(C(F)(F)F)c1)C(CCN1CCC2(C=Cc3ccccc32)CC1)c1ccsc1. The molecule has 1 unspecified atom stereocenters. The van der Waals surface area contributed by atoms with Crippen molar-refractivity contribution < 1.29 is 31.1 Å². The Morgan fingerprint density at radius 2 is 1.65 bits per heavy atom. The second-order valence-corrected chi connectivity index (χ2v) is 11.2. The van der Waals surface area contributed by atoms with Gasteiger partial charge in [0.05, 0.1) is 17.0 Å². The minimum Gasteiger partial charge on any atom is -0.351 e. The molecule has 10 heteroatoms. The lowest BCUT2D eigenvalue weighted by Gasteiger charge is -2.39. The predicted molar refractivity (Wildman–Crippen MR) is 143 cm³/mol. The van der Waals surface area contributed by atoms with E-state index in [4.69, 9.17) is 0 Å². The number of alkyl halides is 6. The van der Waals surface area contributed by atoms with Gasteiger partial charge in [0.15, 0.2) is 0 Å². The highest BCUT2D eigenvalue weighted by Gasteiger charge is 2.39. The van der Waals surface area contributed by atoms with Crippen molar-refractivity contribution in [2.45, 2.75) is 49.5 Å². The third-order valence-electron chi connectivity index (χ3n) is 7.94. The lowest BCUT2D eigenvalue weighted by molar-refractivity contribution is -0.143. The number of allylic oxidation sites excluding steroid dienone is 1. The molecule has 0 radical (unpaired) electrons. The first-order chi connectivity index (χ1) is 18.9. The zero-order valence-corrected chi connectivity index (χ0v) is 22.3. The van der Waals surface area contributed by atoms with Gasteiger partial charge in [-0.25, -0.2) is 0 Å². The van der Waals surface area contributed by atoms with Crippen LogP contribution in [-0.4, -0.2) is 30.4 Å². The number of nitrogens with zero attached hydrogens (tertiary/aromatic N) is 1. The zero-order chi connectivity index (χ0) is 28.5. The molecule has 1 atom stereocenters. The van der Waals surface area contributed by atoms with Crippen LogP contribution in [0, 0.1) is 0 Å². The van der Waals surface area contributed by atoms with Crippen molar-refractivity contribution in [2.75, 3.05) is 19.6 Å². The number of likely N-dealkylation sites (tertiary alicyclic amines) is 1. The topological polar surface area (TPSA) is 32.3 Å². The second-order valence-electron chi connectivity index (χ2n) is 10.4. The number of nitrogens with one attached hydrogen (secondary N) is 1. The normalized spacial score (nSPS) is 17.6. The Labute approximate surface area is 232 Å². The molecule has 3 aromatic rings. The maximum absolute atomic E-state index is 13.2. The summed E-state index contributed by atoms with van der Waals surface area (Å²) in [7, 11) is 0. The first-order valence-corrected chi connectivity index (χ1v) is 14.0. The van der Waals surface area contributed by atoms with Crippen molar-refractivity contribution in [3.05, 3.63) is 98.7 Å². The molecule has 3 nitrogen and oxygen atoms in total. The number of halogens is 6. The summed E-state index contributed by atoms with van der Waals surface area (Å²) in [5.74, 6) is -0.993. The number of benzene rings is 2. The third-order valence-corrected chi connectivity index (χ3v) is 8.64. The monoisotopic (exact) mass is 578 g/mol. The van der Waals surface area contributed by atoms with Crippen LogP contribution in [0.3, 0.4) is 0 Å². The summed E-state index contributed by atoms with van der Waals surface area (Å²) < 4.78 is 79.4. The molecule has 1 N–H and O–H groups in total.